The second-order valence-corrected chi connectivity index (χ2v) is 3.29. The maximum atomic E-state index is 10.2. The third-order valence-electron chi connectivity index (χ3n) is 2.40. The molecule has 0 aliphatic heterocycles. The van der Waals surface area contributed by atoms with Gasteiger partial charge in [-0.25, -0.2) is 4.98 Å². The Balaban J connectivity index is 2.41. The molecule has 2 rings (SSSR count). The summed E-state index contributed by atoms with van der Waals surface area (Å²) in [7, 11) is 1.55. The van der Waals surface area contributed by atoms with Crippen LogP contribution >= 0.6 is 0 Å². The van der Waals surface area contributed by atoms with Gasteiger partial charge in [0, 0.05) is 18.9 Å². The Bertz CT molecular complexity index is 428. The molecule has 2 N–H and O–H groups in total. The van der Waals surface area contributed by atoms with E-state index in [4.69, 9.17) is 4.74 Å². The maximum absolute atomic E-state index is 10.2. The SMILES string of the molecule is CCn1ncc(OC)c1C(O)c1ncc[nH]1. The Hall–Kier alpha value is -1.82. The fourth-order valence-corrected chi connectivity index (χ4v) is 1.62. The number of aromatic amines is 1. The predicted molar refractivity (Wildman–Crippen MR) is 57.1 cm³/mol. The van der Waals surface area contributed by atoms with Crippen molar-refractivity contribution in [1.29, 1.82) is 0 Å². The largest absolute Gasteiger partial charge is 0.493 e. The summed E-state index contributed by atoms with van der Waals surface area (Å²) >= 11 is 0. The molecule has 2 heterocycles. The average Bonchev–Trinajstić information content (AvgIpc) is 2.96. The molecular weight excluding hydrogens is 208 g/mol. The number of methoxy groups -OCH3 is 1. The highest BCUT2D eigenvalue weighted by atomic mass is 16.5. The molecule has 6 heteroatoms. The van der Waals surface area contributed by atoms with Gasteiger partial charge in [-0.3, -0.25) is 4.68 Å². The normalized spacial score (nSPS) is 12.7. The molecule has 2 aromatic rings. The standard InChI is InChI=1S/C10H14N4O2/c1-3-14-8(7(16-2)6-13-14)9(15)10-11-4-5-12-10/h4-6,9,15H,3H2,1-2H3,(H,11,12). The number of nitrogens with zero attached hydrogens (tertiary/aromatic N) is 3. The highest BCUT2D eigenvalue weighted by Gasteiger charge is 2.22. The zero-order valence-electron chi connectivity index (χ0n) is 9.21. The molecule has 0 aliphatic carbocycles. The quantitative estimate of drug-likeness (QED) is 0.799. The lowest BCUT2D eigenvalue weighted by atomic mass is 10.2. The fourth-order valence-electron chi connectivity index (χ4n) is 1.62. The predicted octanol–water partition coefficient (Wildman–Crippen LogP) is 0.716. The summed E-state index contributed by atoms with van der Waals surface area (Å²) in [5.74, 6) is 1.04. The maximum Gasteiger partial charge on any atom is 0.163 e. The van der Waals surface area contributed by atoms with Crippen LogP contribution in [-0.4, -0.2) is 32.0 Å². The second kappa shape index (κ2) is 4.36. The van der Waals surface area contributed by atoms with E-state index in [1.165, 1.54) is 0 Å². The Kier molecular flexibility index (Phi) is 2.91. The van der Waals surface area contributed by atoms with Crippen molar-refractivity contribution in [3.8, 4) is 5.75 Å². The summed E-state index contributed by atoms with van der Waals surface area (Å²) in [6.45, 7) is 2.61. The van der Waals surface area contributed by atoms with E-state index in [0.717, 1.165) is 0 Å². The molecule has 0 spiro atoms. The van der Waals surface area contributed by atoms with E-state index in [1.54, 1.807) is 30.4 Å². The third-order valence-corrected chi connectivity index (χ3v) is 2.40. The Morgan fingerprint density at radius 3 is 3.00 bits per heavy atom. The van der Waals surface area contributed by atoms with E-state index in [2.05, 4.69) is 15.1 Å². The number of H-pyrrole nitrogens is 1. The number of imidazole rings is 1. The molecule has 0 bridgehead atoms. The first kappa shape index (κ1) is 10.7. The molecule has 1 atom stereocenters. The van der Waals surface area contributed by atoms with Crippen molar-refractivity contribution in [1.82, 2.24) is 19.7 Å². The van der Waals surface area contributed by atoms with Gasteiger partial charge in [0.15, 0.2) is 11.9 Å². The van der Waals surface area contributed by atoms with Crippen LogP contribution in [0.1, 0.15) is 24.5 Å². The summed E-state index contributed by atoms with van der Waals surface area (Å²) in [6.07, 6.45) is 3.99. The number of aliphatic hydroxyl groups is 1. The van der Waals surface area contributed by atoms with Crippen molar-refractivity contribution in [3.63, 3.8) is 0 Å². The lowest BCUT2D eigenvalue weighted by Crippen LogP contribution is -2.11. The van der Waals surface area contributed by atoms with Gasteiger partial charge in [0.25, 0.3) is 0 Å². The number of aryl methyl sites for hydroxylation is 1. The highest BCUT2D eigenvalue weighted by Crippen LogP contribution is 2.27. The Morgan fingerprint density at radius 1 is 1.62 bits per heavy atom. The zero-order chi connectivity index (χ0) is 11.5. The van der Waals surface area contributed by atoms with E-state index >= 15 is 0 Å². The molecule has 86 valence electrons. The van der Waals surface area contributed by atoms with E-state index in [-0.39, 0.29) is 0 Å². The number of hydrogen-bond donors (Lipinski definition) is 2. The molecule has 0 fully saturated rings. The fraction of sp³-hybridized carbons (Fsp3) is 0.400. The molecule has 0 radical (unpaired) electrons. The third kappa shape index (κ3) is 1.67. The molecule has 16 heavy (non-hydrogen) atoms. The first-order chi connectivity index (χ1) is 7.77. The minimum atomic E-state index is -0.854. The minimum absolute atomic E-state index is 0.480. The number of ether oxygens (including phenoxy) is 1. The van der Waals surface area contributed by atoms with Crippen LogP contribution in [0.15, 0.2) is 18.6 Å². The van der Waals surface area contributed by atoms with Gasteiger partial charge in [-0.2, -0.15) is 5.10 Å². The molecule has 6 nitrogen and oxygen atoms in total. The Morgan fingerprint density at radius 2 is 2.44 bits per heavy atom. The van der Waals surface area contributed by atoms with Crippen LogP contribution in [0, 0.1) is 0 Å². The number of hydrogen-bond acceptors (Lipinski definition) is 4. The van der Waals surface area contributed by atoms with Gasteiger partial charge < -0.3 is 14.8 Å². The van der Waals surface area contributed by atoms with Crippen LogP contribution in [0.4, 0.5) is 0 Å². The molecule has 0 amide bonds. The molecule has 2 aromatic heterocycles. The van der Waals surface area contributed by atoms with Crippen LogP contribution in [-0.2, 0) is 6.54 Å². The molecule has 0 saturated carbocycles. The van der Waals surface area contributed by atoms with Crippen LogP contribution in [0.2, 0.25) is 0 Å². The van der Waals surface area contributed by atoms with Gasteiger partial charge >= 0.3 is 0 Å². The molecule has 0 aromatic carbocycles. The lowest BCUT2D eigenvalue weighted by molar-refractivity contribution is 0.194. The summed E-state index contributed by atoms with van der Waals surface area (Å²) in [5, 5.41) is 14.3. The topological polar surface area (TPSA) is 76.0 Å². The van der Waals surface area contributed by atoms with Crippen molar-refractivity contribution < 1.29 is 9.84 Å². The van der Waals surface area contributed by atoms with Gasteiger partial charge in [-0.15, -0.1) is 0 Å². The van der Waals surface area contributed by atoms with Crippen LogP contribution in [0.5, 0.6) is 5.75 Å². The molecule has 0 saturated heterocycles. The first-order valence-electron chi connectivity index (χ1n) is 5.05. The van der Waals surface area contributed by atoms with Crippen molar-refractivity contribution in [2.45, 2.75) is 19.6 Å². The minimum Gasteiger partial charge on any atom is -0.493 e. The average molecular weight is 222 g/mol. The van der Waals surface area contributed by atoms with E-state index < -0.39 is 6.10 Å². The molecular formula is C10H14N4O2. The number of aromatic nitrogens is 4. The molecule has 1 unspecified atom stereocenters. The number of aliphatic hydroxyl groups excluding tert-OH is 1. The van der Waals surface area contributed by atoms with Crippen molar-refractivity contribution in [3.05, 3.63) is 30.1 Å². The van der Waals surface area contributed by atoms with E-state index in [0.29, 0.717) is 23.8 Å². The smallest absolute Gasteiger partial charge is 0.163 e. The second-order valence-electron chi connectivity index (χ2n) is 3.29. The van der Waals surface area contributed by atoms with Gasteiger partial charge in [0.05, 0.1) is 13.3 Å². The highest BCUT2D eigenvalue weighted by molar-refractivity contribution is 5.30. The van der Waals surface area contributed by atoms with Crippen molar-refractivity contribution in [2.24, 2.45) is 0 Å². The van der Waals surface area contributed by atoms with Gasteiger partial charge in [0.2, 0.25) is 0 Å². The van der Waals surface area contributed by atoms with Crippen molar-refractivity contribution in [2.75, 3.05) is 7.11 Å². The molecule has 0 aliphatic rings. The van der Waals surface area contributed by atoms with Crippen LogP contribution in [0.25, 0.3) is 0 Å². The van der Waals surface area contributed by atoms with Gasteiger partial charge in [-0.1, -0.05) is 0 Å². The van der Waals surface area contributed by atoms with Crippen LogP contribution in [0.3, 0.4) is 0 Å². The summed E-state index contributed by atoms with van der Waals surface area (Å²) in [6, 6.07) is 0. The summed E-state index contributed by atoms with van der Waals surface area (Å²) < 4.78 is 6.85. The van der Waals surface area contributed by atoms with Gasteiger partial charge in [0.1, 0.15) is 11.5 Å². The summed E-state index contributed by atoms with van der Waals surface area (Å²) in [4.78, 5) is 6.89. The van der Waals surface area contributed by atoms with Crippen LogP contribution < -0.4 is 4.74 Å². The number of nitrogens with one attached hydrogen (secondary N) is 1. The van der Waals surface area contributed by atoms with E-state index in [1.807, 2.05) is 6.92 Å². The number of rotatable bonds is 4. The monoisotopic (exact) mass is 222 g/mol. The summed E-state index contributed by atoms with van der Waals surface area (Å²) in [5.41, 5.74) is 0.611. The lowest BCUT2D eigenvalue weighted by Gasteiger charge is -2.11. The Labute approximate surface area is 92.9 Å². The van der Waals surface area contributed by atoms with E-state index in [9.17, 15) is 5.11 Å². The van der Waals surface area contributed by atoms with Gasteiger partial charge in [-0.05, 0) is 6.92 Å². The first-order valence-corrected chi connectivity index (χ1v) is 5.05. The zero-order valence-corrected chi connectivity index (χ0v) is 9.21. The van der Waals surface area contributed by atoms with Crippen molar-refractivity contribution >= 4 is 0 Å².